The number of amides is 1. The lowest BCUT2D eigenvalue weighted by atomic mass is 9.74. The van der Waals surface area contributed by atoms with Crippen LogP contribution < -0.4 is 11.1 Å². The van der Waals surface area contributed by atoms with Gasteiger partial charge in [0.05, 0.1) is 5.92 Å². The molecule has 3 N–H and O–H groups in total. The maximum absolute atomic E-state index is 12.5. The predicted octanol–water partition coefficient (Wildman–Crippen LogP) is 3.47. The number of aromatic nitrogens is 2. The van der Waals surface area contributed by atoms with E-state index in [1.807, 2.05) is 36.6 Å². The minimum atomic E-state index is -0.408. The van der Waals surface area contributed by atoms with E-state index in [0.29, 0.717) is 0 Å². The molecule has 1 aromatic heterocycles. The quantitative estimate of drug-likeness (QED) is 0.886. The number of anilines is 1. The van der Waals surface area contributed by atoms with Crippen LogP contribution in [0.2, 0.25) is 0 Å². The van der Waals surface area contributed by atoms with Gasteiger partial charge in [-0.05, 0) is 43.4 Å². The maximum atomic E-state index is 12.5. The largest absolute Gasteiger partial charge is 0.326 e. The van der Waals surface area contributed by atoms with Crippen molar-refractivity contribution in [3.63, 3.8) is 0 Å². The summed E-state index contributed by atoms with van der Waals surface area (Å²) in [7, 11) is 0. The number of carbonyl (C=O) groups is 1. The van der Waals surface area contributed by atoms with Gasteiger partial charge in [0.25, 0.3) is 0 Å². The van der Waals surface area contributed by atoms with Crippen LogP contribution in [0.4, 0.5) is 5.69 Å². The van der Waals surface area contributed by atoms with E-state index in [4.69, 9.17) is 5.73 Å². The Balaban J connectivity index is 0.00000192. The molecule has 2 atom stereocenters. The van der Waals surface area contributed by atoms with Gasteiger partial charge < -0.3 is 11.1 Å². The van der Waals surface area contributed by atoms with Crippen molar-refractivity contribution >= 4 is 35.5 Å². The van der Waals surface area contributed by atoms with Crippen LogP contribution in [0.1, 0.15) is 32.6 Å². The van der Waals surface area contributed by atoms with Crippen LogP contribution in [0.15, 0.2) is 29.6 Å². The highest BCUT2D eigenvalue weighted by atomic mass is 35.5. The van der Waals surface area contributed by atoms with E-state index in [0.717, 1.165) is 42.6 Å². The minimum absolute atomic E-state index is 0. The summed E-state index contributed by atoms with van der Waals surface area (Å²) < 4.78 is 3.85. The third kappa shape index (κ3) is 4.07. The summed E-state index contributed by atoms with van der Waals surface area (Å²) in [5, 5.41) is 8.92. The van der Waals surface area contributed by atoms with Gasteiger partial charge in [0, 0.05) is 22.2 Å². The topological polar surface area (TPSA) is 80.9 Å². The van der Waals surface area contributed by atoms with Gasteiger partial charge in [-0.1, -0.05) is 29.5 Å². The molecule has 1 fully saturated rings. The van der Waals surface area contributed by atoms with Gasteiger partial charge in [-0.15, -0.1) is 17.5 Å². The smallest absolute Gasteiger partial charge is 0.229 e. The number of nitrogens with zero attached hydrogens (tertiary/aromatic N) is 2. The van der Waals surface area contributed by atoms with E-state index in [1.165, 1.54) is 11.5 Å². The SMILES string of the molecule is CC1(N)CCCCC1C(=O)Nc1ccc(-c2csnn2)cc1.Cl. The number of nitrogens with two attached hydrogens (primary N) is 1. The van der Waals surface area contributed by atoms with Crippen molar-refractivity contribution in [2.75, 3.05) is 5.32 Å². The fourth-order valence-electron chi connectivity index (χ4n) is 3.03. The van der Waals surface area contributed by atoms with Crippen molar-refractivity contribution in [3.05, 3.63) is 29.6 Å². The van der Waals surface area contributed by atoms with Crippen LogP contribution in [0, 0.1) is 5.92 Å². The molecule has 0 radical (unpaired) electrons. The second-order valence-electron chi connectivity index (χ2n) is 6.16. The molecule has 1 heterocycles. The molecule has 1 aromatic carbocycles. The van der Waals surface area contributed by atoms with E-state index < -0.39 is 5.54 Å². The molecule has 2 unspecified atom stereocenters. The van der Waals surface area contributed by atoms with Crippen LogP contribution >= 0.6 is 23.9 Å². The second-order valence-corrected chi connectivity index (χ2v) is 6.77. The van der Waals surface area contributed by atoms with Crippen molar-refractivity contribution in [2.24, 2.45) is 11.7 Å². The molecule has 5 nitrogen and oxygen atoms in total. The number of rotatable bonds is 3. The molecule has 1 saturated carbocycles. The fourth-order valence-corrected chi connectivity index (χ4v) is 3.50. The van der Waals surface area contributed by atoms with E-state index in [-0.39, 0.29) is 24.2 Å². The average molecular weight is 353 g/mol. The summed E-state index contributed by atoms with van der Waals surface area (Å²) in [6, 6.07) is 7.66. The number of carbonyl (C=O) groups excluding carboxylic acids is 1. The monoisotopic (exact) mass is 352 g/mol. The Bertz CT molecular complexity index is 643. The Kier molecular flexibility index (Phi) is 5.73. The van der Waals surface area contributed by atoms with Crippen LogP contribution in [0.3, 0.4) is 0 Å². The van der Waals surface area contributed by atoms with Gasteiger partial charge in [-0.25, -0.2) is 0 Å². The summed E-state index contributed by atoms with van der Waals surface area (Å²) in [5.41, 5.74) is 8.52. The molecule has 2 aromatic rings. The van der Waals surface area contributed by atoms with Crippen molar-refractivity contribution in [2.45, 2.75) is 38.1 Å². The van der Waals surface area contributed by atoms with Crippen LogP contribution in [-0.4, -0.2) is 21.0 Å². The molecule has 0 aliphatic heterocycles. The minimum Gasteiger partial charge on any atom is -0.326 e. The lowest BCUT2D eigenvalue weighted by molar-refractivity contribution is -0.122. The van der Waals surface area contributed by atoms with E-state index >= 15 is 0 Å². The first kappa shape index (κ1) is 17.8. The lowest BCUT2D eigenvalue weighted by Crippen LogP contribution is -2.51. The number of halogens is 1. The molecule has 124 valence electrons. The highest BCUT2D eigenvalue weighted by Gasteiger charge is 2.37. The Morgan fingerprint density at radius 1 is 1.35 bits per heavy atom. The van der Waals surface area contributed by atoms with Crippen molar-refractivity contribution < 1.29 is 4.79 Å². The van der Waals surface area contributed by atoms with E-state index in [1.54, 1.807) is 0 Å². The Morgan fingerprint density at radius 2 is 2.09 bits per heavy atom. The number of hydrogen-bond acceptors (Lipinski definition) is 5. The molecule has 1 amide bonds. The molecule has 0 saturated heterocycles. The second kappa shape index (κ2) is 7.38. The zero-order chi connectivity index (χ0) is 15.6. The molecule has 1 aliphatic rings. The van der Waals surface area contributed by atoms with Crippen molar-refractivity contribution in [1.29, 1.82) is 0 Å². The van der Waals surface area contributed by atoms with Gasteiger partial charge in [-0.2, -0.15) is 0 Å². The van der Waals surface area contributed by atoms with Crippen molar-refractivity contribution in [3.8, 4) is 11.3 Å². The number of hydrogen-bond donors (Lipinski definition) is 2. The van der Waals surface area contributed by atoms with Crippen LogP contribution in [0.25, 0.3) is 11.3 Å². The summed E-state index contributed by atoms with van der Waals surface area (Å²) in [6.45, 7) is 1.98. The van der Waals surface area contributed by atoms with Gasteiger partial charge in [0.2, 0.25) is 5.91 Å². The average Bonchev–Trinajstić information content (AvgIpc) is 3.01. The highest BCUT2D eigenvalue weighted by molar-refractivity contribution is 7.03. The third-order valence-electron chi connectivity index (χ3n) is 4.38. The van der Waals surface area contributed by atoms with E-state index in [9.17, 15) is 4.79 Å². The summed E-state index contributed by atoms with van der Waals surface area (Å²) >= 11 is 1.32. The van der Waals surface area contributed by atoms with Gasteiger partial charge in [0.15, 0.2) is 0 Å². The van der Waals surface area contributed by atoms with Gasteiger partial charge >= 0.3 is 0 Å². The van der Waals surface area contributed by atoms with Crippen molar-refractivity contribution in [1.82, 2.24) is 9.59 Å². The van der Waals surface area contributed by atoms with Crippen LogP contribution in [-0.2, 0) is 4.79 Å². The Hall–Kier alpha value is -1.50. The number of benzene rings is 1. The van der Waals surface area contributed by atoms with Gasteiger partial charge in [-0.3, -0.25) is 4.79 Å². The molecule has 23 heavy (non-hydrogen) atoms. The molecule has 7 heteroatoms. The fraction of sp³-hybridized carbons (Fsp3) is 0.438. The zero-order valence-corrected chi connectivity index (χ0v) is 14.6. The van der Waals surface area contributed by atoms with Gasteiger partial charge in [0.1, 0.15) is 5.69 Å². The Labute approximate surface area is 146 Å². The first-order valence-electron chi connectivity index (χ1n) is 7.53. The van der Waals surface area contributed by atoms with Crippen LogP contribution in [0.5, 0.6) is 0 Å². The normalized spacial score (nSPS) is 23.8. The molecule has 0 bridgehead atoms. The molecular weight excluding hydrogens is 332 g/mol. The van der Waals surface area contributed by atoms with E-state index in [2.05, 4.69) is 14.9 Å². The Morgan fingerprint density at radius 3 is 2.70 bits per heavy atom. The molecule has 1 aliphatic carbocycles. The summed E-state index contributed by atoms with van der Waals surface area (Å²) in [4.78, 5) is 12.5. The summed E-state index contributed by atoms with van der Waals surface area (Å²) in [6.07, 6.45) is 3.94. The third-order valence-corrected chi connectivity index (χ3v) is 4.88. The predicted molar refractivity (Wildman–Crippen MR) is 95.8 cm³/mol. The molecular formula is C16H21ClN4OS. The maximum Gasteiger partial charge on any atom is 0.229 e. The zero-order valence-electron chi connectivity index (χ0n) is 13.0. The lowest BCUT2D eigenvalue weighted by Gasteiger charge is -2.37. The summed E-state index contributed by atoms with van der Waals surface area (Å²) in [5.74, 6) is -0.101. The standard InChI is InChI=1S/C16H20N4OS.ClH/c1-16(17)9-3-2-4-13(16)15(21)18-12-7-5-11(6-8-12)14-10-22-20-19-14;/h5-8,10,13H,2-4,9,17H2,1H3,(H,18,21);1H. The first-order valence-corrected chi connectivity index (χ1v) is 8.37. The number of nitrogens with one attached hydrogen (secondary N) is 1. The molecule has 0 spiro atoms. The highest BCUT2D eigenvalue weighted by Crippen LogP contribution is 2.32. The molecule has 3 rings (SSSR count). The first-order chi connectivity index (χ1) is 10.6.